The highest BCUT2D eigenvalue weighted by Gasteiger charge is 2.30. The Kier molecular flexibility index (Phi) is 4.56. The van der Waals surface area contributed by atoms with Crippen LogP contribution in [0.1, 0.15) is 17.7 Å². The van der Waals surface area contributed by atoms with Crippen LogP contribution in [0.2, 0.25) is 0 Å². The van der Waals surface area contributed by atoms with E-state index in [0.717, 1.165) is 5.56 Å². The summed E-state index contributed by atoms with van der Waals surface area (Å²) in [5.41, 5.74) is 1.59. The topological polar surface area (TPSA) is 88.4 Å². The number of benzene rings is 1. The van der Waals surface area contributed by atoms with Gasteiger partial charge in [-0.25, -0.2) is 0 Å². The molecule has 2 heterocycles. The zero-order chi connectivity index (χ0) is 16.9. The van der Waals surface area contributed by atoms with Crippen LogP contribution in [-0.2, 0) is 20.8 Å². The summed E-state index contributed by atoms with van der Waals surface area (Å²) in [5, 5.41) is 5.04. The molecule has 2 N–H and O–H groups in total. The molecule has 6 nitrogen and oxygen atoms in total. The van der Waals surface area contributed by atoms with Crippen molar-refractivity contribution in [3.63, 3.8) is 0 Å². The van der Waals surface area contributed by atoms with Gasteiger partial charge in [0.05, 0.1) is 12.2 Å². The highest BCUT2D eigenvalue weighted by Crippen LogP contribution is 2.19. The van der Waals surface area contributed by atoms with Crippen molar-refractivity contribution in [3.05, 3.63) is 60.1 Å². The molecular formula is C18H16N2O4. The second-order valence-electron chi connectivity index (χ2n) is 5.55. The molecule has 1 aromatic carbocycles. The maximum atomic E-state index is 11.8. The highest BCUT2D eigenvalue weighted by molar-refractivity contribution is 6.03. The fraction of sp³-hybridized carbons (Fsp3) is 0.167. The number of imide groups is 1. The Balaban J connectivity index is 1.55. The van der Waals surface area contributed by atoms with Crippen molar-refractivity contribution in [2.75, 3.05) is 5.32 Å². The zero-order valence-electron chi connectivity index (χ0n) is 12.8. The van der Waals surface area contributed by atoms with Gasteiger partial charge in [0.2, 0.25) is 17.7 Å². The van der Waals surface area contributed by atoms with Gasteiger partial charge in [0.15, 0.2) is 0 Å². The second kappa shape index (κ2) is 6.95. The molecule has 3 rings (SSSR count). The number of rotatable bonds is 5. The summed E-state index contributed by atoms with van der Waals surface area (Å²) in [6.07, 6.45) is 5.24. The first-order chi connectivity index (χ1) is 11.6. The normalized spacial score (nSPS) is 17.2. The lowest BCUT2D eigenvalue weighted by molar-refractivity contribution is -0.125. The van der Waals surface area contributed by atoms with E-state index in [1.165, 1.54) is 12.3 Å². The summed E-state index contributed by atoms with van der Waals surface area (Å²) in [6.45, 7) is 0. The van der Waals surface area contributed by atoms with Crippen molar-refractivity contribution in [1.29, 1.82) is 0 Å². The van der Waals surface area contributed by atoms with E-state index in [-0.39, 0.29) is 30.1 Å². The average molecular weight is 324 g/mol. The van der Waals surface area contributed by atoms with Gasteiger partial charge in [-0.2, -0.15) is 0 Å². The average Bonchev–Trinajstić information content (AvgIpc) is 3.17. The van der Waals surface area contributed by atoms with Crippen LogP contribution < -0.4 is 10.6 Å². The van der Waals surface area contributed by atoms with Crippen molar-refractivity contribution < 1.29 is 18.8 Å². The molecule has 0 radical (unpaired) electrons. The minimum atomic E-state index is -0.311. The molecule has 0 bridgehead atoms. The van der Waals surface area contributed by atoms with Crippen molar-refractivity contribution in [3.8, 4) is 0 Å². The van der Waals surface area contributed by atoms with Crippen molar-refractivity contribution in [2.24, 2.45) is 5.92 Å². The first kappa shape index (κ1) is 15.7. The molecule has 1 atom stereocenters. The fourth-order valence-corrected chi connectivity index (χ4v) is 2.51. The van der Waals surface area contributed by atoms with E-state index < -0.39 is 0 Å². The van der Waals surface area contributed by atoms with Crippen LogP contribution >= 0.6 is 0 Å². The van der Waals surface area contributed by atoms with Crippen LogP contribution in [0.25, 0.3) is 6.08 Å². The summed E-state index contributed by atoms with van der Waals surface area (Å²) in [6, 6.07) is 10.7. The first-order valence-electron chi connectivity index (χ1n) is 7.55. The van der Waals surface area contributed by atoms with Gasteiger partial charge in [0.25, 0.3) is 0 Å². The molecule has 1 aromatic heterocycles. The number of amides is 3. The molecule has 0 spiro atoms. The third-order valence-corrected chi connectivity index (χ3v) is 3.71. The van der Waals surface area contributed by atoms with Crippen molar-refractivity contribution in [1.82, 2.24) is 5.32 Å². The highest BCUT2D eigenvalue weighted by atomic mass is 16.3. The molecule has 1 aliphatic heterocycles. The molecule has 1 aliphatic rings. The van der Waals surface area contributed by atoms with E-state index in [9.17, 15) is 14.4 Å². The summed E-state index contributed by atoms with van der Waals surface area (Å²) in [7, 11) is 0. The second-order valence-corrected chi connectivity index (χ2v) is 5.55. The minimum Gasteiger partial charge on any atom is -0.465 e. The molecule has 3 amide bonds. The number of anilines is 1. The fourth-order valence-electron chi connectivity index (χ4n) is 2.51. The lowest BCUT2D eigenvalue weighted by atomic mass is 9.98. The van der Waals surface area contributed by atoms with Crippen LogP contribution in [0.5, 0.6) is 0 Å². The van der Waals surface area contributed by atoms with Gasteiger partial charge in [-0.15, -0.1) is 0 Å². The third-order valence-electron chi connectivity index (χ3n) is 3.71. The number of hydrogen-bond acceptors (Lipinski definition) is 4. The summed E-state index contributed by atoms with van der Waals surface area (Å²) >= 11 is 0. The molecule has 6 heteroatoms. The first-order valence-corrected chi connectivity index (χ1v) is 7.55. The van der Waals surface area contributed by atoms with Crippen molar-refractivity contribution >= 4 is 29.5 Å². The number of carbonyl (C=O) groups excluding carboxylic acids is 3. The predicted octanol–water partition coefficient (Wildman–Crippen LogP) is 2.14. The number of nitrogens with one attached hydrogen (secondary N) is 2. The Labute approximate surface area is 138 Å². The van der Waals surface area contributed by atoms with Gasteiger partial charge < -0.3 is 9.73 Å². The Morgan fingerprint density at radius 2 is 2.04 bits per heavy atom. The number of hydrogen-bond donors (Lipinski definition) is 2. The monoisotopic (exact) mass is 324 g/mol. The van der Waals surface area contributed by atoms with E-state index in [1.54, 1.807) is 30.3 Å². The molecule has 0 aliphatic carbocycles. The molecule has 0 unspecified atom stereocenters. The van der Waals surface area contributed by atoms with E-state index in [0.29, 0.717) is 17.9 Å². The summed E-state index contributed by atoms with van der Waals surface area (Å²) in [5.74, 6) is -0.420. The zero-order valence-corrected chi connectivity index (χ0v) is 12.8. The number of carbonyl (C=O) groups is 3. The van der Waals surface area contributed by atoms with Gasteiger partial charge in [-0.1, -0.05) is 12.1 Å². The largest absolute Gasteiger partial charge is 0.465 e. The van der Waals surface area contributed by atoms with Gasteiger partial charge in [0, 0.05) is 18.2 Å². The van der Waals surface area contributed by atoms with Crippen LogP contribution in [0.4, 0.5) is 5.69 Å². The van der Waals surface area contributed by atoms with Gasteiger partial charge in [0.1, 0.15) is 5.76 Å². The summed E-state index contributed by atoms with van der Waals surface area (Å²) in [4.78, 5) is 34.6. The van der Waals surface area contributed by atoms with Crippen LogP contribution in [0.15, 0.2) is 53.2 Å². The summed E-state index contributed by atoms with van der Waals surface area (Å²) < 4.78 is 5.11. The Hall–Kier alpha value is -3.15. The maximum Gasteiger partial charge on any atom is 0.248 e. The molecule has 122 valence electrons. The van der Waals surface area contributed by atoms with E-state index >= 15 is 0 Å². The van der Waals surface area contributed by atoms with Gasteiger partial charge >= 0.3 is 0 Å². The Morgan fingerprint density at radius 1 is 1.25 bits per heavy atom. The van der Waals surface area contributed by atoms with Crippen LogP contribution in [-0.4, -0.2) is 17.7 Å². The quantitative estimate of drug-likeness (QED) is 0.651. The van der Waals surface area contributed by atoms with Crippen molar-refractivity contribution in [2.45, 2.75) is 12.8 Å². The molecule has 0 saturated carbocycles. The lowest BCUT2D eigenvalue weighted by Crippen LogP contribution is -2.22. The Morgan fingerprint density at radius 3 is 2.67 bits per heavy atom. The third kappa shape index (κ3) is 3.98. The number of furan rings is 1. The van der Waals surface area contributed by atoms with Crippen LogP contribution in [0, 0.1) is 5.92 Å². The van der Waals surface area contributed by atoms with Gasteiger partial charge in [-0.05, 0) is 42.3 Å². The lowest BCUT2D eigenvalue weighted by Gasteiger charge is -2.07. The predicted molar refractivity (Wildman–Crippen MR) is 87.8 cm³/mol. The minimum absolute atomic E-state index is 0.222. The molecule has 1 fully saturated rings. The molecular weight excluding hydrogens is 308 g/mol. The van der Waals surface area contributed by atoms with Crippen LogP contribution in [0.3, 0.4) is 0 Å². The smallest absolute Gasteiger partial charge is 0.248 e. The molecule has 24 heavy (non-hydrogen) atoms. The standard InChI is InChI=1S/C18H16N2O4/c21-16(8-7-15-2-1-9-24-15)19-14-5-3-12(4-6-14)10-13-11-17(22)20-18(13)23/h1-9,13H,10-11H2,(H,19,21)(H,20,22,23)/b8-7+/t13-/m1/s1. The Bertz CT molecular complexity index is 776. The van der Waals surface area contributed by atoms with E-state index in [1.807, 2.05) is 12.1 Å². The van der Waals surface area contributed by atoms with Gasteiger partial charge in [-0.3, -0.25) is 19.7 Å². The van der Waals surface area contributed by atoms with E-state index in [4.69, 9.17) is 4.42 Å². The molecule has 2 aromatic rings. The maximum absolute atomic E-state index is 11.8. The van der Waals surface area contributed by atoms with E-state index in [2.05, 4.69) is 10.6 Å². The molecule has 1 saturated heterocycles. The SMILES string of the molecule is O=C(/C=C/c1ccco1)Nc1ccc(C[C@@H]2CC(=O)NC2=O)cc1.